The van der Waals surface area contributed by atoms with Crippen LogP contribution >= 0.6 is 34.4 Å². The van der Waals surface area contributed by atoms with Crippen molar-refractivity contribution >= 4 is 57.1 Å². The summed E-state index contributed by atoms with van der Waals surface area (Å²) in [7, 11) is 0. The lowest BCUT2D eigenvalue weighted by Gasteiger charge is -2.08. The first-order valence-electron chi connectivity index (χ1n) is 8.10. The Bertz CT molecular complexity index is 1040. The van der Waals surface area contributed by atoms with Gasteiger partial charge in [0.2, 0.25) is 5.91 Å². The van der Waals surface area contributed by atoms with Gasteiger partial charge in [-0.15, -0.1) is 22.7 Å². The van der Waals surface area contributed by atoms with E-state index < -0.39 is 5.97 Å². The summed E-state index contributed by atoms with van der Waals surface area (Å²) in [5.41, 5.74) is 6.20. The molecular formula is C17H16N4O4S3. The van der Waals surface area contributed by atoms with Crippen LogP contribution in [0.2, 0.25) is 0 Å². The zero-order valence-electron chi connectivity index (χ0n) is 14.7. The van der Waals surface area contributed by atoms with Gasteiger partial charge >= 0.3 is 5.97 Å². The molecule has 0 unspecified atom stereocenters. The predicted octanol–water partition coefficient (Wildman–Crippen LogP) is 3.05. The number of aromatic nitrogens is 2. The van der Waals surface area contributed by atoms with E-state index in [9.17, 15) is 14.4 Å². The van der Waals surface area contributed by atoms with Crippen LogP contribution in [0.15, 0.2) is 38.9 Å². The summed E-state index contributed by atoms with van der Waals surface area (Å²) in [5, 5.41) is 7.14. The molecule has 0 spiro atoms. The van der Waals surface area contributed by atoms with Gasteiger partial charge in [-0.3, -0.25) is 9.59 Å². The molecule has 11 heteroatoms. The van der Waals surface area contributed by atoms with E-state index in [1.807, 2.05) is 22.9 Å². The molecule has 0 aromatic carbocycles. The SMILES string of the molecule is CCOC(=O)c1c(-c2cccs2)csc1NC(=O)CSc1nc(N)cc(=O)[nH]1. The number of esters is 1. The Morgan fingerprint density at radius 1 is 1.39 bits per heavy atom. The molecule has 0 fully saturated rings. The molecule has 0 saturated heterocycles. The lowest BCUT2D eigenvalue weighted by Crippen LogP contribution is -2.17. The number of anilines is 2. The van der Waals surface area contributed by atoms with Gasteiger partial charge in [-0.2, -0.15) is 0 Å². The van der Waals surface area contributed by atoms with Crippen LogP contribution in [0.1, 0.15) is 17.3 Å². The van der Waals surface area contributed by atoms with E-state index in [1.54, 1.807) is 6.92 Å². The smallest absolute Gasteiger partial charge is 0.341 e. The summed E-state index contributed by atoms with van der Waals surface area (Å²) >= 11 is 3.79. The second-order valence-corrected chi connectivity index (χ2v) is 8.15. The van der Waals surface area contributed by atoms with Crippen molar-refractivity contribution in [3.63, 3.8) is 0 Å². The summed E-state index contributed by atoms with van der Waals surface area (Å²) in [4.78, 5) is 43.6. The van der Waals surface area contributed by atoms with Gasteiger partial charge in [-0.1, -0.05) is 17.8 Å². The topological polar surface area (TPSA) is 127 Å². The number of hydrogen-bond acceptors (Lipinski definition) is 9. The average molecular weight is 437 g/mol. The number of amides is 1. The molecule has 0 atom stereocenters. The molecule has 0 aliphatic carbocycles. The van der Waals surface area contributed by atoms with Gasteiger partial charge in [0, 0.05) is 21.9 Å². The minimum Gasteiger partial charge on any atom is -0.462 e. The maximum absolute atomic E-state index is 12.4. The summed E-state index contributed by atoms with van der Waals surface area (Å²) < 4.78 is 5.16. The number of rotatable bonds is 7. The summed E-state index contributed by atoms with van der Waals surface area (Å²) in [5.74, 6) is -0.770. The fourth-order valence-electron chi connectivity index (χ4n) is 2.29. The van der Waals surface area contributed by atoms with Crippen LogP contribution in [-0.2, 0) is 9.53 Å². The zero-order valence-corrected chi connectivity index (χ0v) is 17.1. The number of thiophene rings is 2. The molecule has 3 aromatic heterocycles. The van der Waals surface area contributed by atoms with Gasteiger partial charge in [-0.25, -0.2) is 9.78 Å². The van der Waals surface area contributed by atoms with E-state index in [0.29, 0.717) is 10.6 Å². The lowest BCUT2D eigenvalue weighted by atomic mass is 10.1. The van der Waals surface area contributed by atoms with E-state index in [1.165, 1.54) is 22.7 Å². The molecule has 3 aromatic rings. The van der Waals surface area contributed by atoms with Gasteiger partial charge in [0.1, 0.15) is 16.4 Å². The highest BCUT2D eigenvalue weighted by Gasteiger charge is 2.23. The first-order valence-corrected chi connectivity index (χ1v) is 10.8. The molecule has 0 aliphatic heterocycles. The van der Waals surface area contributed by atoms with E-state index in [4.69, 9.17) is 10.5 Å². The van der Waals surface area contributed by atoms with Crippen molar-refractivity contribution in [2.24, 2.45) is 0 Å². The van der Waals surface area contributed by atoms with Crippen LogP contribution in [-0.4, -0.2) is 34.2 Å². The molecule has 146 valence electrons. The largest absolute Gasteiger partial charge is 0.462 e. The number of carbonyl (C=O) groups excluding carboxylic acids is 2. The molecule has 4 N–H and O–H groups in total. The van der Waals surface area contributed by atoms with E-state index >= 15 is 0 Å². The second-order valence-electron chi connectivity index (χ2n) is 5.36. The summed E-state index contributed by atoms with van der Waals surface area (Å²) in [6.07, 6.45) is 0. The van der Waals surface area contributed by atoms with Crippen molar-refractivity contribution in [1.29, 1.82) is 0 Å². The van der Waals surface area contributed by atoms with Crippen LogP contribution in [0.25, 0.3) is 10.4 Å². The highest BCUT2D eigenvalue weighted by Crippen LogP contribution is 2.38. The van der Waals surface area contributed by atoms with Gasteiger partial charge in [0.25, 0.3) is 5.56 Å². The fraction of sp³-hybridized carbons (Fsp3) is 0.176. The number of nitrogens with zero attached hydrogens (tertiary/aromatic N) is 1. The van der Waals surface area contributed by atoms with E-state index in [-0.39, 0.29) is 34.8 Å². The number of hydrogen-bond donors (Lipinski definition) is 3. The third-order valence-electron chi connectivity index (χ3n) is 3.39. The lowest BCUT2D eigenvalue weighted by molar-refractivity contribution is -0.113. The highest BCUT2D eigenvalue weighted by atomic mass is 32.2. The van der Waals surface area contributed by atoms with Crippen LogP contribution in [0.3, 0.4) is 0 Å². The first-order chi connectivity index (χ1) is 13.5. The molecular weight excluding hydrogens is 420 g/mol. The summed E-state index contributed by atoms with van der Waals surface area (Å²) in [6, 6.07) is 4.95. The normalized spacial score (nSPS) is 10.6. The molecule has 0 saturated carbocycles. The van der Waals surface area contributed by atoms with Crippen molar-refractivity contribution in [3.8, 4) is 10.4 Å². The number of ether oxygens (including phenoxy) is 1. The van der Waals surface area contributed by atoms with Crippen LogP contribution in [0.5, 0.6) is 0 Å². The Kier molecular flexibility index (Phi) is 6.49. The maximum Gasteiger partial charge on any atom is 0.341 e. The number of thioether (sulfide) groups is 1. The Hall–Kier alpha value is -2.63. The fourth-order valence-corrected chi connectivity index (χ4v) is 4.76. The third-order valence-corrected chi connectivity index (χ3v) is 6.06. The molecule has 8 nitrogen and oxygen atoms in total. The monoisotopic (exact) mass is 436 g/mol. The van der Waals surface area contributed by atoms with E-state index in [2.05, 4.69) is 15.3 Å². The van der Waals surface area contributed by atoms with Crippen molar-refractivity contribution in [3.05, 3.63) is 44.9 Å². The molecule has 3 rings (SSSR count). The standard InChI is InChI=1S/C17H16N4O4S3/c1-2-25-16(24)14-9(10-4-3-5-26-10)7-27-15(14)20-13(23)8-28-17-19-11(18)6-12(22)21-17/h3-7H,2,8H2,1H3,(H,20,23)(H3,18,19,21,22). The number of H-pyrrole nitrogens is 1. The second kappa shape index (κ2) is 9.04. The van der Waals surface area contributed by atoms with Crippen molar-refractivity contribution < 1.29 is 14.3 Å². The zero-order chi connectivity index (χ0) is 20.1. The molecule has 0 radical (unpaired) electrons. The molecule has 0 bridgehead atoms. The van der Waals surface area contributed by atoms with Crippen molar-refractivity contribution in [2.45, 2.75) is 12.1 Å². The predicted molar refractivity (Wildman–Crippen MR) is 112 cm³/mol. The Balaban J connectivity index is 1.76. The quantitative estimate of drug-likeness (QED) is 0.295. The summed E-state index contributed by atoms with van der Waals surface area (Å²) in [6.45, 7) is 1.96. The van der Waals surface area contributed by atoms with Crippen molar-refractivity contribution in [2.75, 3.05) is 23.4 Å². The van der Waals surface area contributed by atoms with Crippen LogP contribution in [0.4, 0.5) is 10.8 Å². The van der Waals surface area contributed by atoms with Crippen molar-refractivity contribution in [1.82, 2.24) is 9.97 Å². The molecule has 28 heavy (non-hydrogen) atoms. The number of nitrogens with two attached hydrogens (primary N) is 1. The molecule has 3 heterocycles. The van der Waals surface area contributed by atoms with Gasteiger partial charge in [0.15, 0.2) is 5.16 Å². The van der Waals surface area contributed by atoms with Gasteiger partial charge in [0.05, 0.1) is 12.4 Å². The number of aromatic amines is 1. The third kappa shape index (κ3) is 4.80. The number of carbonyl (C=O) groups is 2. The minimum atomic E-state index is -0.489. The highest BCUT2D eigenvalue weighted by molar-refractivity contribution is 7.99. The maximum atomic E-state index is 12.4. The van der Waals surface area contributed by atoms with Crippen LogP contribution < -0.4 is 16.6 Å². The number of nitrogen functional groups attached to an aromatic ring is 1. The molecule has 0 aliphatic rings. The van der Waals surface area contributed by atoms with Gasteiger partial charge in [-0.05, 0) is 18.4 Å². The number of nitrogens with one attached hydrogen (secondary N) is 2. The van der Waals surface area contributed by atoms with Gasteiger partial charge < -0.3 is 20.8 Å². The Morgan fingerprint density at radius 3 is 2.89 bits per heavy atom. The first kappa shape index (κ1) is 20.1. The average Bonchev–Trinajstić information content (AvgIpc) is 3.29. The molecule has 1 amide bonds. The Morgan fingerprint density at radius 2 is 2.21 bits per heavy atom. The Labute approximate surface area is 172 Å². The van der Waals surface area contributed by atoms with E-state index in [0.717, 1.165) is 28.3 Å². The van der Waals surface area contributed by atoms with Crippen LogP contribution in [0, 0.1) is 0 Å². The minimum absolute atomic E-state index is 0.0130.